The van der Waals surface area contributed by atoms with Gasteiger partial charge in [0.15, 0.2) is 0 Å². The number of anilines is 1. The lowest BCUT2D eigenvalue weighted by molar-refractivity contribution is 2.00. The molecule has 2 N–H and O–H groups in total. The molecule has 2 aromatic rings. The van der Waals surface area contributed by atoms with E-state index in [2.05, 4.69) is 17.5 Å². The van der Waals surface area contributed by atoms with Gasteiger partial charge in [0.05, 0.1) is 14.5 Å². The Morgan fingerprint density at radius 3 is 3.08 bits per heavy atom. The minimum Gasteiger partial charge on any atom is -0.391 e. The lowest BCUT2D eigenvalue weighted by Gasteiger charge is -1.86. The first kappa shape index (κ1) is 6.88. The molecule has 12 heavy (non-hydrogen) atoms. The van der Waals surface area contributed by atoms with Crippen LogP contribution < -0.4 is 16.1 Å². The van der Waals surface area contributed by atoms with Crippen molar-refractivity contribution in [2.24, 2.45) is 0 Å². The van der Waals surface area contributed by atoms with Gasteiger partial charge in [0.25, 0.3) is 0 Å². The molecule has 1 aliphatic heterocycles. The van der Waals surface area contributed by atoms with E-state index in [0.717, 1.165) is 5.00 Å². The number of rotatable bonds is 0. The Labute approximate surface area is 80.7 Å². The maximum absolute atomic E-state index is 5.76. The second-order valence-corrected chi connectivity index (χ2v) is 6.83. The first-order valence-corrected chi connectivity index (χ1v) is 6.90. The number of nitrogens with two attached hydrogens (primary N) is 1. The van der Waals surface area contributed by atoms with E-state index >= 15 is 0 Å². The van der Waals surface area contributed by atoms with E-state index in [1.165, 1.54) is 9.75 Å². The number of hydrogen-bond acceptors (Lipinski definition) is 3. The van der Waals surface area contributed by atoms with Crippen molar-refractivity contribution in [3.63, 3.8) is 0 Å². The Kier molecular flexibility index (Phi) is 1.27. The molecule has 0 saturated heterocycles. The predicted molar refractivity (Wildman–Crippen MR) is 59.9 cm³/mol. The molecule has 0 amide bonds. The Balaban J connectivity index is 2.32. The molecule has 3 heterocycles. The Morgan fingerprint density at radius 2 is 2.17 bits per heavy atom. The normalized spacial score (nSPS) is 15.0. The van der Waals surface area contributed by atoms with Gasteiger partial charge in [0.2, 0.25) is 0 Å². The summed E-state index contributed by atoms with van der Waals surface area (Å²) in [6.45, 7) is 0. The van der Waals surface area contributed by atoms with Crippen molar-refractivity contribution in [1.82, 2.24) is 0 Å². The summed E-state index contributed by atoms with van der Waals surface area (Å²) < 4.78 is 0. The van der Waals surface area contributed by atoms with Gasteiger partial charge in [-0.2, -0.15) is 0 Å². The van der Waals surface area contributed by atoms with E-state index in [9.17, 15) is 0 Å². The summed E-state index contributed by atoms with van der Waals surface area (Å²) in [5.41, 5.74) is 5.76. The summed E-state index contributed by atoms with van der Waals surface area (Å²) >= 11 is 3.60. The van der Waals surface area contributed by atoms with Crippen LogP contribution in [-0.4, -0.2) is 9.52 Å². The van der Waals surface area contributed by atoms with Crippen LogP contribution in [0.4, 0.5) is 5.00 Å². The molecule has 0 unspecified atom stereocenters. The topological polar surface area (TPSA) is 26.0 Å². The number of thiophene rings is 2. The van der Waals surface area contributed by atoms with E-state index in [1.54, 1.807) is 21.7 Å². The van der Waals surface area contributed by atoms with Crippen molar-refractivity contribution in [1.29, 1.82) is 0 Å². The van der Waals surface area contributed by atoms with Gasteiger partial charge in [-0.3, -0.25) is 0 Å². The largest absolute Gasteiger partial charge is 0.391 e. The summed E-state index contributed by atoms with van der Waals surface area (Å²) in [5.74, 6) is 0. The van der Waals surface area contributed by atoms with Crippen molar-refractivity contribution in [2.45, 2.75) is 0 Å². The fourth-order valence-corrected chi connectivity index (χ4v) is 6.72. The van der Waals surface area contributed by atoms with Crippen LogP contribution in [0.5, 0.6) is 0 Å². The summed E-state index contributed by atoms with van der Waals surface area (Å²) in [4.78, 5) is 2.96. The third-order valence-electron chi connectivity index (χ3n) is 2.16. The van der Waals surface area contributed by atoms with E-state index in [0.29, 0.717) is 0 Å². The van der Waals surface area contributed by atoms with E-state index in [1.807, 2.05) is 11.3 Å². The highest BCUT2D eigenvalue weighted by Gasteiger charge is 2.22. The maximum atomic E-state index is 5.76. The van der Waals surface area contributed by atoms with E-state index in [4.69, 9.17) is 5.73 Å². The molecule has 0 saturated carbocycles. The number of hydrogen-bond donors (Lipinski definition) is 1. The highest BCUT2D eigenvalue weighted by atomic mass is 32.1. The van der Waals surface area contributed by atoms with E-state index < -0.39 is 0 Å². The van der Waals surface area contributed by atoms with Gasteiger partial charge in [-0.25, -0.2) is 0 Å². The third-order valence-corrected chi connectivity index (χ3v) is 6.71. The predicted octanol–water partition coefficient (Wildman–Crippen LogP) is 0.492. The monoisotopic (exact) mass is 209 g/mol. The fraction of sp³-hybridized carbons (Fsp3) is 0. The lowest BCUT2D eigenvalue weighted by Crippen LogP contribution is -2.18. The van der Waals surface area contributed by atoms with Gasteiger partial charge in [-0.15, -0.1) is 22.7 Å². The van der Waals surface area contributed by atoms with Gasteiger partial charge < -0.3 is 5.73 Å². The molecule has 1 nitrogen and oxygen atoms in total. The van der Waals surface area contributed by atoms with Gasteiger partial charge in [0, 0.05) is 9.75 Å². The fourth-order valence-electron chi connectivity index (χ4n) is 1.65. The van der Waals surface area contributed by atoms with Crippen LogP contribution in [0.25, 0.3) is 9.75 Å². The van der Waals surface area contributed by atoms with E-state index in [-0.39, 0.29) is 9.52 Å². The standard InChI is InChI=1S/C8H7NS2Si/c9-6-3-5-8(11-6)7-4(12-5)1-2-10-7/h1-3H,9,12H2. The zero-order valence-electron chi connectivity index (χ0n) is 6.33. The highest BCUT2D eigenvalue weighted by molar-refractivity contribution is 7.27. The molecule has 0 atom stereocenters. The molecule has 4 heteroatoms. The Bertz CT molecular complexity index is 444. The Hall–Kier alpha value is -0.583. The molecule has 1 aliphatic rings. The molecule has 0 fully saturated rings. The lowest BCUT2D eigenvalue weighted by atomic mass is 10.4. The minimum atomic E-state index is -0.156. The van der Waals surface area contributed by atoms with Gasteiger partial charge in [-0.1, -0.05) is 6.07 Å². The SMILES string of the molecule is Nc1cc2c(s1)-c1sccc1[SiH2]2. The molecule has 60 valence electrons. The molecule has 3 rings (SSSR count). The summed E-state index contributed by atoms with van der Waals surface area (Å²) in [5, 5.41) is 6.34. The zero-order valence-corrected chi connectivity index (χ0v) is 9.38. The number of nitrogen functional groups attached to an aromatic ring is 1. The van der Waals surface area contributed by atoms with Gasteiger partial charge >= 0.3 is 0 Å². The first-order chi connectivity index (χ1) is 5.84. The maximum Gasteiger partial charge on any atom is 0.0915 e. The van der Waals surface area contributed by atoms with Gasteiger partial charge in [0.1, 0.15) is 0 Å². The quantitative estimate of drug-likeness (QED) is 0.536. The molecule has 0 radical (unpaired) electrons. The van der Waals surface area contributed by atoms with Crippen LogP contribution in [-0.2, 0) is 0 Å². The molecular weight excluding hydrogens is 202 g/mol. The van der Waals surface area contributed by atoms with Crippen molar-refractivity contribution < 1.29 is 0 Å². The van der Waals surface area contributed by atoms with Crippen molar-refractivity contribution in [3.8, 4) is 9.75 Å². The van der Waals surface area contributed by atoms with Gasteiger partial charge in [-0.05, 0) is 21.8 Å². The molecule has 0 spiro atoms. The minimum absolute atomic E-state index is 0.156. The zero-order chi connectivity index (χ0) is 8.13. The molecule has 0 aliphatic carbocycles. The van der Waals surface area contributed by atoms with Crippen LogP contribution in [0.2, 0.25) is 0 Å². The smallest absolute Gasteiger partial charge is 0.0915 e. The van der Waals surface area contributed by atoms with Crippen molar-refractivity contribution >= 4 is 47.6 Å². The molecular formula is C8H7NS2Si. The van der Waals surface area contributed by atoms with Crippen molar-refractivity contribution in [3.05, 3.63) is 17.5 Å². The van der Waals surface area contributed by atoms with Crippen molar-refractivity contribution in [2.75, 3.05) is 5.73 Å². The van der Waals surface area contributed by atoms with Crippen LogP contribution in [0.15, 0.2) is 17.5 Å². The highest BCUT2D eigenvalue weighted by Crippen LogP contribution is 2.32. The second kappa shape index (κ2) is 2.22. The summed E-state index contributed by atoms with van der Waals surface area (Å²) in [6, 6.07) is 4.44. The summed E-state index contributed by atoms with van der Waals surface area (Å²) in [6.07, 6.45) is 0. The number of fused-ring (bicyclic) bond motifs is 3. The van der Waals surface area contributed by atoms with Crippen LogP contribution in [0.3, 0.4) is 0 Å². The third kappa shape index (κ3) is 0.771. The van der Waals surface area contributed by atoms with Crippen LogP contribution in [0, 0.1) is 0 Å². The average Bonchev–Trinajstić information content (AvgIpc) is 2.59. The van der Waals surface area contributed by atoms with Crippen LogP contribution >= 0.6 is 22.7 Å². The molecule has 2 aromatic heterocycles. The second-order valence-electron chi connectivity index (χ2n) is 2.95. The first-order valence-electron chi connectivity index (χ1n) is 3.79. The average molecular weight is 209 g/mol. The summed E-state index contributed by atoms with van der Waals surface area (Å²) in [7, 11) is -0.156. The Morgan fingerprint density at radius 1 is 1.25 bits per heavy atom. The van der Waals surface area contributed by atoms with Crippen LogP contribution in [0.1, 0.15) is 0 Å². The molecule has 0 aromatic carbocycles. The molecule has 0 bridgehead atoms.